The maximum Gasteiger partial charge on any atom is 0.225 e. The van der Waals surface area contributed by atoms with Crippen LogP contribution < -0.4 is 10.2 Å². The molecule has 2 aromatic heterocycles. The smallest absolute Gasteiger partial charge is 0.225 e. The Bertz CT molecular complexity index is 639. The first kappa shape index (κ1) is 14.6. The van der Waals surface area contributed by atoms with Crippen LogP contribution >= 0.6 is 0 Å². The second-order valence-corrected chi connectivity index (χ2v) is 5.84. The van der Waals surface area contributed by atoms with Crippen LogP contribution in [0.25, 0.3) is 0 Å². The lowest BCUT2D eigenvalue weighted by atomic mass is 9.97. The maximum atomic E-state index is 12.5. The molecule has 0 aliphatic carbocycles. The average molecular weight is 299 g/mol. The summed E-state index contributed by atoms with van der Waals surface area (Å²) in [6, 6.07) is 7.78. The average Bonchev–Trinajstić information content (AvgIpc) is 3.12. The van der Waals surface area contributed by atoms with Gasteiger partial charge in [0, 0.05) is 32.5 Å². The Morgan fingerprint density at radius 3 is 2.86 bits per heavy atom. The van der Waals surface area contributed by atoms with Gasteiger partial charge in [-0.1, -0.05) is 13.0 Å². The van der Waals surface area contributed by atoms with E-state index in [9.17, 15) is 4.79 Å². The van der Waals surface area contributed by atoms with Crippen LogP contribution in [0, 0.1) is 11.8 Å². The van der Waals surface area contributed by atoms with Gasteiger partial charge in [0.2, 0.25) is 5.91 Å². The molecule has 0 saturated carbocycles. The molecule has 3 rings (SSSR count). The predicted molar refractivity (Wildman–Crippen MR) is 84.2 cm³/mol. The van der Waals surface area contributed by atoms with E-state index in [0.717, 1.165) is 24.6 Å². The molecule has 0 bridgehead atoms. The minimum atomic E-state index is -0.00441. The third-order valence-corrected chi connectivity index (χ3v) is 4.29. The Kier molecular flexibility index (Phi) is 4.09. The van der Waals surface area contributed by atoms with E-state index in [4.69, 9.17) is 0 Å². The predicted octanol–water partition coefficient (Wildman–Crippen LogP) is 1.20. The van der Waals surface area contributed by atoms with Crippen molar-refractivity contribution in [2.45, 2.75) is 13.5 Å². The van der Waals surface area contributed by atoms with Gasteiger partial charge in [-0.2, -0.15) is 5.10 Å². The third kappa shape index (κ3) is 2.95. The lowest BCUT2D eigenvalue weighted by Crippen LogP contribution is -2.34. The van der Waals surface area contributed by atoms with E-state index in [-0.39, 0.29) is 11.8 Å². The zero-order chi connectivity index (χ0) is 15.5. The first-order valence-corrected chi connectivity index (χ1v) is 7.55. The molecular weight excluding hydrogens is 278 g/mol. The van der Waals surface area contributed by atoms with Crippen LogP contribution in [-0.4, -0.2) is 33.8 Å². The molecule has 116 valence electrons. The molecule has 0 unspecified atom stereocenters. The summed E-state index contributed by atoms with van der Waals surface area (Å²) in [4.78, 5) is 19.0. The van der Waals surface area contributed by atoms with Crippen molar-refractivity contribution in [3.63, 3.8) is 0 Å². The number of carbonyl (C=O) groups is 1. The van der Waals surface area contributed by atoms with Crippen molar-refractivity contribution in [3.8, 4) is 0 Å². The molecule has 6 heteroatoms. The van der Waals surface area contributed by atoms with Crippen molar-refractivity contribution < 1.29 is 4.79 Å². The Morgan fingerprint density at radius 1 is 1.32 bits per heavy atom. The second kappa shape index (κ2) is 6.17. The van der Waals surface area contributed by atoms with Gasteiger partial charge in [-0.3, -0.25) is 9.48 Å². The summed E-state index contributed by atoms with van der Waals surface area (Å²) in [5.41, 5.74) is 1.00. The quantitative estimate of drug-likeness (QED) is 0.921. The number of aryl methyl sites for hydroxylation is 1. The van der Waals surface area contributed by atoms with Crippen molar-refractivity contribution in [3.05, 3.63) is 42.4 Å². The number of anilines is 1. The Balaban J connectivity index is 1.60. The molecule has 1 saturated heterocycles. The molecule has 2 atom stereocenters. The Hall–Kier alpha value is -2.37. The van der Waals surface area contributed by atoms with E-state index in [1.807, 2.05) is 31.3 Å². The normalized spacial score (nSPS) is 21.1. The minimum Gasteiger partial charge on any atom is -0.356 e. The molecule has 0 spiro atoms. The summed E-state index contributed by atoms with van der Waals surface area (Å²) < 4.78 is 1.78. The number of rotatable bonds is 4. The largest absolute Gasteiger partial charge is 0.356 e. The van der Waals surface area contributed by atoms with E-state index in [1.165, 1.54) is 0 Å². The molecule has 1 aliphatic heterocycles. The van der Waals surface area contributed by atoms with Gasteiger partial charge in [0.1, 0.15) is 5.82 Å². The Morgan fingerprint density at radius 2 is 2.18 bits per heavy atom. The van der Waals surface area contributed by atoms with Crippen LogP contribution in [0.15, 0.2) is 36.7 Å². The first-order chi connectivity index (χ1) is 10.6. The standard InChI is InChI=1S/C16H21N5O/c1-12-10-21(15-5-3-4-7-17-15)11-14(12)16(22)18-9-13-6-8-19-20(13)2/h3-8,12,14H,9-11H2,1-2H3,(H,18,22)/t12-,14-/m1/s1. The van der Waals surface area contributed by atoms with Crippen LogP contribution in [0.1, 0.15) is 12.6 Å². The molecule has 1 amide bonds. The monoisotopic (exact) mass is 299 g/mol. The number of aromatic nitrogens is 3. The van der Waals surface area contributed by atoms with Crippen molar-refractivity contribution in [1.29, 1.82) is 0 Å². The second-order valence-electron chi connectivity index (χ2n) is 5.84. The van der Waals surface area contributed by atoms with Gasteiger partial charge in [0.15, 0.2) is 0 Å². The fourth-order valence-corrected chi connectivity index (χ4v) is 2.92. The molecule has 22 heavy (non-hydrogen) atoms. The van der Waals surface area contributed by atoms with Crippen LogP contribution in [0.2, 0.25) is 0 Å². The number of pyridine rings is 1. The zero-order valence-electron chi connectivity index (χ0n) is 12.9. The molecule has 0 aromatic carbocycles. The summed E-state index contributed by atoms with van der Waals surface area (Å²) in [6.07, 6.45) is 3.53. The third-order valence-electron chi connectivity index (χ3n) is 4.29. The highest BCUT2D eigenvalue weighted by Gasteiger charge is 2.35. The van der Waals surface area contributed by atoms with Gasteiger partial charge in [-0.25, -0.2) is 4.98 Å². The fourth-order valence-electron chi connectivity index (χ4n) is 2.92. The molecule has 0 radical (unpaired) electrons. The summed E-state index contributed by atoms with van der Waals surface area (Å²) in [5, 5.41) is 7.13. The topological polar surface area (TPSA) is 63.1 Å². The number of nitrogens with zero attached hydrogens (tertiary/aromatic N) is 4. The van der Waals surface area contributed by atoms with E-state index in [2.05, 4.69) is 27.2 Å². The van der Waals surface area contributed by atoms with Crippen molar-refractivity contribution in [2.24, 2.45) is 18.9 Å². The lowest BCUT2D eigenvalue weighted by Gasteiger charge is -2.17. The van der Waals surface area contributed by atoms with Crippen LogP contribution in [0.3, 0.4) is 0 Å². The number of amides is 1. The lowest BCUT2D eigenvalue weighted by molar-refractivity contribution is -0.125. The summed E-state index contributed by atoms with van der Waals surface area (Å²) in [5.74, 6) is 1.35. The molecule has 1 N–H and O–H groups in total. The SMILES string of the molecule is C[C@@H]1CN(c2ccccn2)C[C@H]1C(=O)NCc1ccnn1C. The summed E-state index contributed by atoms with van der Waals surface area (Å²) in [6.45, 7) is 4.22. The van der Waals surface area contributed by atoms with Crippen molar-refractivity contribution in [1.82, 2.24) is 20.1 Å². The number of hydrogen-bond donors (Lipinski definition) is 1. The number of carbonyl (C=O) groups excluding carboxylic acids is 1. The van der Waals surface area contributed by atoms with Gasteiger partial charge in [-0.15, -0.1) is 0 Å². The van der Waals surface area contributed by atoms with Crippen LogP contribution in [0.4, 0.5) is 5.82 Å². The van der Waals surface area contributed by atoms with Crippen LogP contribution in [-0.2, 0) is 18.4 Å². The molecular formula is C16H21N5O. The molecule has 2 aromatic rings. The highest BCUT2D eigenvalue weighted by atomic mass is 16.2. The molecule has 1 aliphatic rings. The van der Waals surface area contributed by atoms with E-state index in [1.54, 1.807) is 17.1 Å². The van der Waals surface area contributed by atoms with Gasteiger partial charge in [0.25, 0.3) is 0 Å². The van der Waals surface area contributed by atoms with E-state index >= 15 is 0 Å². The highest BCUT2D eigenvalue weighted by molar-refractivity contribution is 5.80. The van der Waals surface area contributed by atoms with E-state index in [0.29, 0.717) is 12.5 Å². The Labute approximate surface area is 130 Å². The summed E-state index contributed by atoms with van der Waals surface area (Å²) >= 11 is 0. The zero-order valence-corrected chi connectivity index (χ0v) is 12.9. The van der Waals surface area contributed by atoms with Crippen LogP contribution in [0.5, 0.6) is 0 Å². The highest BCUT2D eigenvalue weighted by Crippen LogP contribution is 2.26. The van der Waals surface area contributed by atoms with Gasteiger partial charge >= 0.3 is 0 Å². The molecule has 6 nitrogen and oxygen atoms in total. The minimum absolute atomic E-state index is 0.00441. The molecule has 3 heterocycles. The number of hydrogen-bond acceptors (Lipinski definition) is 4. The maximum absolute atomic E-state index is 12.5. The van der Waals surface area contributed by atoms with Gasteiger partial charge in [-0.05, 0) is 24.1 Å². The fraction of sp³-hybridized carbons (Fsp3) is 0.438. The first-order valence-electron chi connectivity index (χ1n) is 7.55. The number of nitrogens with one attached hydrogen (secondary N) is 1. The summed E-state index contributed by atoms with van der Waals surface area (Å²) in [7, 11) is 1.88. The van der Waals surface area contributed by atoms with Gasteiger partial charge in [0.05, 0.1) is 18.2 Å². The van der Waals surface area contributed by atoms with Crippen molar-refractivity contribution >= 4 is 11.7 Å². The molecule has 1 fully saturated rings. The van der Waals surface area contributed by atoms with Crippen molar-refractivity contribution in [2.75, 3.05) is 18.0 Å². The van der Waals surface area contributed by atoms with Gasteiger partial charge < -0.3 is 10.2 Å². The van der Waals surface area contributed by atoms with E-state index < -0.39 is 0 Å².